The van der Waals surface area contributed by atoms with Crippen molar-refractivity contribution in [1.82, 2.24) is 0 Å². The van der Waals surface area contributed by atoms with Gasteiger partial charge in [-0.1, -0.05) is 26.2 Å². The topological polar surface area (TPSA) is 74.6 Å². The van der Waals surface area contributed by atoms with Crippen LogP contribution in [-0.4, -0.2) is 39.5 Å². The molecule has 0 heterocycles. The van der Waals surface area contributed by atoms with Gasteiger partial charge in [-0.2, -0.15) is 0 Å². The first-order chi connectivity index (χ1) is 7.56. The summed E-state index contributed by atoms with van der Waals surface area (Å²) in [6.45, 7) is 2.11. The maximum atomic E-state index is 11.0. The quantitative estimate of drug-likeness (QED) is 0.726. The Balaban J connectivity index is 0.00000256. The number of aliphatic carboxylic acids is 2. The van der Waals surface area contributed by atoms with Crippen LogP contribution < -0.4 is 0 Å². The van der Waals surface area contributed by atoms with E-state index in [2.05, 4.69) is 6.92 Å². The van der Waals surface area contributed by atoms with Gasteiger partial charge in [0, 0.05) is 0 Å². The predicted molar refractivity (Wildman–Crippen MR) is 69.1 cm³/mol. The molecule has 17 heavy (non-hydrogen) atoms. The van der Waals surface area contributed by atoms with Gasteiger partial charge in [0.05, 0.1) is 11.8 Å². The zero-order valence-corrected chi connectivity index (χ0v) is 9.69. The van der Waals surface area contributed by atoms with Crippen molar-refractivity contribution in [1.29, 1.82) is 0 Å². The van der Waals surface area contributed by atoms with Crippen LogP contribution in [0.25, 0.3) is 0 Å². The van der Waals surface area contributed by atoms with Crippen LogP contribution in [0.3, 0.4) is 0 Å². The van der Waals surface area contributed by atoms with E-state index in [4.69, 9.17) is 10.2 Å². The second-order valence-corrected chi connectivity index (χ2v) is 4.71. The van der Waals surface area contributed by atoms with E-state index >= 15 is 0 Å². The van der Waals surface area contributed by atoms with Crippen molar-refractivity contribution in [2.45, 2.75) is 45.4 Å². The molecule has 0 bridgehead atoms. The van der Waals surface area contributed by atoms with Crippen molar-refractivity contribution < 1.29 is 19.8 Å². The van der Waals surface area contributed by atoms with E-state index in [0.29, 0.717) is 18.8 Å². The summed E-state index contributed by atoms with van der Waals surface area (Å²) in [7, 11) is 0. The maximum absolute atomic E-state index is 11.0. The lowest BCUT2D eigenvalue weighted by Crippen LogP contribution is -2.35. The number of carbonyl (C=O) groups is 2. The number of hydrogen-bond acceptors (Lipinski definition) is 2. The average Bonchev–Trinajstić information content (AvgIpc) is 2.25. The van der Waals surface area contributed by atoms with E-state index in [1.54, 1.807) is 0 Å². The Labute approximate surface area is 113 Å². The fourth-order valence-electron chi connectivity index (χ4n) is 2.58. The molecule has 0 aromatic rings. The molecule has 1 saturated carbocycles. The molecule has 0 radical (unpaired) electrons. The summed E-state index contributed by atoms with van der Waals surface area (Å²) in [5, 5.41) is 18.0. The van der Waals surface area contributed by atoms with Crippen LogP contribution in [0.2, 0.25) is 0 Å². The highest BCUT2D eigenvalue weighted by Crippen LogP contribution is 2.36. The van der Waals surface area contributed by atoms with Crippen molar-refractivity contribution in [3.05, 3.63) is 0 Å². The minimum Gasteiger partial charge on any atom is -0.481 e. The molecule has 3 unspecified atom stereocenters. The highest BCUT2D eigenvalue weighted by atomic mass is 27.0. The zero-order valence-electron chi connectivity index (χ0n) is 9.69. The van der Waals surface area contributed by atoms with Gasteiger partial charge >= 0.3 is 11.9 Å². The first-order valence-corrected chi connectivity index (χ1v) is 6.01. The molecule has 0 saturated heterocycles. The summed E-state index contributed by atoms with van der Waals surface area (Å²) in [5.41, 5.74) is 0. The van der Waals surface area contributed by atoms with Gasteiger partial charge in [-0.05, 0) is 25.2 Å². The molecule has 1 fully saturated rings. The Morgan fingerprint density at radius 2 is 1.71 bits per heavy atom. The van der Waals surface area contributed by atoms with Gasteiger partial charge in [-0.25, -0.2) is 0 Å². The molecule has 0 aliphatic heterocycles. The largest absolute Gasteiger partial charge is 0.481 e. The molecule has 1 rings (SSSR count). The van der Waals surface area contributed by atoms with Crippen molar-refractivity contribution in [2.75, 3.05) is 0 Å². The Morgan fingerprint density at radius 1 is 1.12 bits per heavy atom. The van der Waals surface area contributed by atoms with Crippen LogP contribution in [-0.2, 0) is 9.59 Å². The van der Waals surface area contributed by atoms with Gasteiger partial charge in [0.25, 0.3) is 0 Å². The molecule has 5 heteroatoms. The molecule has 98 valence electrons. The second-order valence-electron chi connectivity index (χ2n) is 4.71. The summed E-state index contributed by atoms with van der Waals surface area (Å²) in [6, 6.07) is 0. The molecule has 1 aliphatic rings. The third kappa shape index (κ3) is 4.69. The van der Waals surface area contributed by atoms with Gasteiger partial charge in [0.1, 0.15) is 0 Å². The zero-order chi connectivity index (χ0) is 12.1. The smallest absolute Gasteiger partial charge is 0.307 e. The predicted octanol–water partition coefficient (Wildman–Crippen LogP) is 1.19. The van der Waals surface area contributed by atoms with E-state index < -0.39 is 23.8 Å². The van der Waals surface area contributed by atoms with Crippen molar-refractivity contribution in [2.24, 2.45) is 17.8 Å². The lowest BCUT2D eigenvalue weighted by Gasteiger charge is -2.31. The van der Waals surface area contributed by atoms with E-state index in [1.165, 1.54) is 0 Å². The first kappa shape index (κ1) is 16.5. The fourth-order valence-corrected chi connectivity index (χ4v) is 2.58. The summed E-state index contributed by atoms with van der Waals surface area (Å²) < 4.78 is 0. The summed E-state index contributed by atoms with van der Waals surface area (Å²) in [6.07, 6.45) is 5.16. The van der Waals surface area contributed by atoms with Gasteiger partial charge < -0.3 is 10.2 Å². The molecule has 0 spiro atoms. The summed E-state index contributed by atoms with van der Waals surface area (Å²) in [4.78, 5) is 22.0. The Kier molecular flexibility index (Phi) is 7.49. The molecule has 0 aromatic heterocycles. The highest BCUT2D eigenvalue weighted by Gasteiger charge is 2.38. The molecule has 3 atom stereocenters. The number of carboxylic acids is 2. The van der Waals surface area contributed by atoms with Crippen LogP contribution >= 0.6 is 0 Å². The van der Waals surface area contributed by atoms with Gasteiger partial charge in [-0.15, -0.1) is 0 Å². The normalized spacial score (nSPS) is 28.2. The molecule has 0 aromatic carbocycles. The van der Waals surface area contributed by atoms with Crippen LogP contribution in [0.15, 0.2) is 0 Å². The maximum Gasteiger partial charge on any atom is 0.307 e. The molecule has 2 N–H and O–H groups in total. The Hall–Kier alpha value is -0.528. The first-order valence-electron chi connectivity index (χ1n) is 6.01. The third-order valence-electron chi connectivity index (χ3n) is 3.56. The van der Waals surface area contributed by atoms with Gasteiger partial charge in [-0.3, -0.25) is 9.59 Å². The number of carboxylic acid groups (broad SMARTS) is 2. The van der Waals surface area contributed by atoms with Crippen molar-refractivity contribution in [3.8, 4) is 0 Å². The minimum atomic E-state index is -0.957. The fraction of sp³-hybridized carbons (Fsp3) is 0.833. The second kappa shape index (κ2) is 7.73. The van der Waals surface area contributed by atoms with Crippen LogP contribution in [0.4, 0.5) is 0 Å². The van der Waals surface area contributed by atoms with E-state index in [9.17, 15) is 9.59 Å². The number of unbranched alkanes of at least 4 members (excludes halogenated alkanes) is 1. The Bertz CT molecular complexity index is 267. The number of rotatable bonds is 5. The standard InChI is InChI=1S/C12H20O4.Al.3H/c1-2-3-4-8-5-6-9(11(13)14)10(7-8)12(15)16;;;;/h8-10H,2-7H2,1H3,(H,13,14)(H,15,16);;;;. The third-order valence-corrected chi connectivity index (χ3v) is 3.56. The van der Waals surface area contributed by atoms with Crippen LogP contribution in [0.5, 0.6) is 0 Å². The highest BCUT2D eigenvalue weighted by molar-refractivity contribution is 5.80. The van der Waals surface area contributed by atoms with Gasteiger partial charge in [0.2, 0.25) is 0 Å². The molecule has 4 nitrogen and oxygen atoms in total. The molecular weight excluding hydrogens is 235 g/mol. The molecular formula is C12H23AlO4. The number of hydrogen-bond donors (Lipinski definition) is 2. The monoisotopic (exact) mass is 258 g/mol. The van der Waals surface area contributed by atoms with Crippen molar-refractivity contribution in [3.63, 3.8) is 0 Å². The van der Waals surface area contributed by atoms with Gasteiger partial charge in [0.15, 0.2) is 17.4 Å². The minimum absolute atomic E-state index is 0. The Morgan fingerprint density at radius 3 is 2.18 bits per heavy atom. The van der Waals surface area contributed by atoms with E-state index in [1.807, 2.05) is 0 Å². The SMILES string of the molecule is CCCCC1CCC(C(=O)O)C(C(=O)O)C1.[AlH3]. The van der Waals surface area contributed by atoms with E-state index in [-0.39, 0.29) is 17.4 Å². The summed E-state index contributed by atoms with van der Waals surface area (Å²) in [5.74, 6) is -2.88. The average molecular weight is 258 g/mol. The summed E-state index contributed by atoms with van der Waals surface area (Å²) >= 11 is 0. The lowest BCUT2D eigenvalue weighted by atomic mass is 9.72. The van der Waals surface area contributed by atoms with E-state index in [0.717, 1.165) is 25.7 Å². The molecule has 1 aliphatic carbocycles. The van der Waals surface area contributed by atoms with Crippen molar-refractivity contribution >= 4 is 29.3 Å². The molecule has 0 amide bonds. The van der Waals surface area contributed by atoms with Crippen LogP contribution in [0, 0.1) is 17.8 Å². The van der Waals surface area contributed by atoms with Crippen LogP contribution in [0.1, 0.15) is 45.4 Å². The lowest BCUT2D eigenvalue weighted by molar-refractivity contribution is -0.156.